The quantitative estimate of drug-likeness (QED) is 0.608. The van der Waals surface area contributed by atoms with Crippen molar-refractivity contribution in [3.63, 3.8) is 0 Å². The fraction of sp³-hybridized carbons (Fsp3) is 0.467. The molecule has 0 heterocycles. The van der Waals surface area contributed by atoms with Gasteiger partial charge >= 0.3 is 5.97 Å². The third kappa shape index (κ3) is 2.78. The second-order valence-electron chi connectivity index (χ2n) is 4.80. The van der Waals surface area contributed by atoms with Gasteiger partial charge in [0, 0.05) is 11.5 Å². The first-order chi connectivity index (χ1) is 8.72. The van der Waals surface area contributed by atoms with Crippen LogP contribution in [0.4, 0.5) is 0 Å². The predicted octanol–water partition coefficient (Wildman–Crippen LogP) is 2.85. The van der Waals surface area contributed by atoms with E-state index in [4.69, 9.17) is 4.74 Å². The summed E-state index contributed by atoms with van der Waals surface area (Å²) in [5.41, 5.74) is 0.777. The number of rotatable bonds is 3. The molecule has 1 saturated carbocycles. The number of hydrogen-bond acceptors (Lipinski definition) is 3. The predicted molar refractivity (Wildman–Crippen MR) is 68.2 cm³/mol. The van der Waals surface area contributed by atoms with E-state index in [-0.39, 0.29) is 23.6 Å². The smallest absolute Gasteiger partial charge is 0.308 e. The van der Waals surface area contributed by atoms with Crippen LogP contribution in [0.5, 0.6) is 0 Å². The van der Waals surface area contributed by atoms with Crippen molar-refractivity contribution in [2.45, 2.75) is 25.7 Å². The van der Waals surface area contributed by atoms with Crippen LogP contribution in [0.2, 0.25) is 0 Å². The van der Waals surface area contributed by atoms with Crippen LogP contribution in [0.3, 0.4) is 0 Å². The molecule has 1 aliphatic rings. The molecule has 0 aromatic heterocycles. The lowest BCUT2D eigenvalue weighted by Gasteiger charge is -2.25. The Morgan fingerprint density at radius 1 is 1.00 bits per heavy atom. The topological polar surface area (TPSA) is 43.4 Å². The van der Waals surface area contributed by atoms with Crippen molar-refractivity contribution in [3.8, 4) is 0 Å². The van der Waals surface area contributed by atoms with Crippen LogP contribution in [0.15, 0.2) is 30.3 Å². The van der Waals surface area contributed by atoms with Gasteiger partial charge in [0.05, 0.1) is 13.0 Å². The second-order valence-corrected chi connectivity index (χ2v) is 4.80. The Balaban J connectivity index is 1.94. The molecule has 0 amide bonds. The fourth-order valence-electron chi connectivity index (χ4n) is 2.60. The van der Waals surface area contributed by atoms with E-state index in [9.17, 15) is 9.59 Å². The van der Waals surface area contributed by atoms with Gasteiger partial charge in [0.15, 0.2) is 5.78 Å². The number of carbonyl (C=O) groups excluding carboxylic acids is 2. The normalized spacial score (nSPS) is 23.4. The van der Waals surface area contributed by atoms with Gasteiger partial charge in [0.1, 0.15) is 0 Å². The molecule has 96 valence electrons. The summed E-state index contributed by atoms with van der Waals surface area (Å²) in [5, 5.41) is 0. The first kappa shape index (κ1) is 12.8. The van der Waals surface area contributed by atoms with Gasteiger partial charge in [-0.3, -0.25) is 9.59 Å². The van der Waals surface area contributed by atoms with Gasteiger partial charge in [0.2, 0.25) is 0 Å². The van der Waals surface area contributed by atoms with E-state index in [1.165, 1.54) is 7.11 Å². The second kappa shape index (κ2) is 5.80. The van der Waals surface area contributed by atoms with Crippen LogP contribution in [-0.4, -0.2) is 18.9 Å². The molecule has 3 heteroatoms. The molecular formula is C15H18O3. The van der Waals surface area contributed by atoms with E-state index < -0.39 is 0 Å². The van der Waals surface area contributed by atoms with Crippen LogP contribution in [0.25, 0.3) is 0 Å². The van der Waals surface area contributed by atoms with Crippen LogP contribution in [0, 0.1) is 11.8 Å². The van der Waals surface area contributed by atoms with Gasteiger partial charge in [-0.15, -0.1) is 0 Å². The zero-order valence-electron chi connectivity index (χ0n) is 10.6. The number of esters is 1. The van der Waals surface area contributed by atoms with Gasteiger partial charge in [-0.05, 0) is 25.7 Å². The largest absolute Gasteiger partial charge is 0.469 e. The molecule has 1 aliphatic carbocycles. The molecule has 0 unspecified atom stereocenters. The highest BCUT2D eigenvalue weighted by molar-refractivity contribution is 5.97. The molecular weight excluding hydrogens is 228 g/mol. The molecule has 1 aromatic rings. The van der Waals surface area contributed by atoms with Gasteiger partial charge in [-0.25, -0.2) is 0 Å². The Morgan fingerprint density at radius 3 is 2.11 bits per heavy atom. The average Bonchev–Trinajstić information content (AvgIpc) is 2.47. The first-order valence-corrected chi connectivity index (χ1v) is 6.39. The van der Waals surface area contributed by atoms with Crippen molar-refractivity contribution >= 4 is 11.8 Å². The number of Topliss-reactive ketones (excluding diaryl/α,β-unsaturated/α-hetero) is 1. The van der Waals surface area contributed by atoms with Crippen molar-refractivity contribution in [1.82, 2.24) is 0 Å². The molecule has 18 heavy (non-hydrogen) atoms. The Kier molecular flexibility index (Phi) is 4.13. The highest BCUT2D eigenvalue weighted by Gasteiger charge is 2.30. The SMILES string of the molecule is COC(=O)[C@H]1CC[C@H](C(=O)c2ccccc2)CC1. The Bertz CT molecular complexity index is 417. The summed E-state index contributed by atoms with van der Waals surface area (Å²) in [6, 6.07) is 9.38. The van der Waals surface area contributed by atoms with Crippen LogP contribution >= 0.6 is 0 Å². The zero-order chi connectivity index (χ0) is 13.0. The van der Waals surface area contributed by atoms with E-state index >= 15 is 0 Å². The highest BCUT2D eigenvalue weighted by Crippen LogP contribution is 2.31. The summed E-state index contributed by atoms with van der Waals surface area (Å²) < 4.78 is 4.75. The van der Waals surface area contributed by atoms with E-state index in [1.54, 1.807) is 0 Å². The van der Waals surface area contributed by atoms with Crippen molar-refractivity contribution in [2.24, 2.45) is 11.8 Å². The standard InChI is InChI=1S/C15H18O3/c1-18-15(17)13-9-7-12(8-10-13)14(16)11-5-3-2-4-6-11/h2-6,12-13H,7-10H2,1H3/t12-,13-. The lowest BCUT2D eigenvalue weighted by Crippen LogP contribution is -2.26. The molecule has 0 N–H and O–H groups in total. The molecule has 0 bridgehead atoms. The minimum Gasteiger partial charge on any atom is -0.469 e. The van der Waals surface area contributed by atoms with E-state index in [1.807, 2.05) is 30.3 Å². The van der Waals surface area contributed by atoms with Crippen LogP contribution in [-0.2, 0) is 9.53 Å². The van der Waals surface area contributed by atoms with E-state index in [2.05, 4.69) is 0 Å². The highest BCUT2D eigenvalue weighted by atomic mass is 16.5. The van der Waals surface area contributed by atoms with Crippen molar-refractivity contribution in [3.05, 3.63) is 35.9 Å². The van der Waals surface area contributed by atoms with Gasteiger partial charge in [-0.1, -0.05) is 30.3 Å². The lowest BCUT2D eigenvalue weighted by molar-refractivity contribution is -0.146. The Morgan fingerprint density at radius 2 is 1.56 bits per heavy atom. The molecule has 0 saturated heterocycles. The number of benzene rings is 1. The van der Waals surface area contributed by atoms with Crippen molar-refractivity contribution < 1.29 is 14.3 Å². The molecule has 0 aliphatic heterocycles. The third-order valence-corrected chi connectivity index (χ3v) is 3.69. The van der Waals surface area contributed by atoms with Crippen molar-refractivity contribution in [2.75, 3.05) is 7.11 Å². The molecule has 3 nitrogen and oxygen atoms in total. The first-order valence-electron chi connectivity index (χ1n) is 6.39. The minimum atomic E-state index is -0.138. The summed E-state index contributed by atoms with van der Waals surface area (Å²) in [5.74, 6) is 0.114. The van der Waals surface area contributed by atoms with Gasteiger partial charge in [-0.2, -0.15) is 0 Å². The average molecular weight is 246 g/mol. The van der Waals surface area contributed by atoms with E-state index in [0.29, 0.717) is 0 Å². The summed E-state index contributed by atoms with van der Waals surface area (Å²) in [6.07, 6.45) is 3.09. The summed E-state index contributed by atoms with van der Waals surface area (Å²) >= 11 is 0. The molecule has 0 spiro atoms. The Hall–Kier alpha value is -1.64. The number of carbonyl (C=O) groups is 2. The summed E-state index contributed by atoms with van der Waals surface area (Å²) in [4.78, 5) is 23.6. The number of ketones is 1. The summed E-state index contributed by atoms with van der Waals surface area (Å²) in [6.45, 7) is 0. The van der Waals surface area contributed by atoms with Crippen LogP contribution in [0.1, 0.15) is 36.0 Å². The molecule has 0 radical (unpaired) electrons. The fourth-order valence-corrected chi connectivity index (χ4v) is 2.60. The monoisotopic (exact) mass is 246 g/mol. The molecule has 0 atom stereocenters. The molecule has 1 aromatic carbocycles. The van der Waals surface area contributed by atoms with Crippen molar-refractivity contribution in [1.29, 1.82) is 0 Å². The van der Waals surface area contributed by atoms with Gasteiger partial charge in [0.25, 0.3) is 0 Å². The van der Waals surface area contributed by atoms with Crippen LogP contribution < -0.4 is 0 Å². The lowest BCUT2D eigenvalue weighted by atomic mass is 9.78. The maximum Gasteiger partial charge on any atom is 0.308 e. The molecule has 1 fully saturated rings. The Labute approximate surface area is 107 Å². The minimum absolute atomic E-state index is 0.0187. The number of hydrogen-bond donors (Lipinski definition) is 0. The number of methoxy groups -OCH3 is 1. The zero-order valence-corrected chi connectivity index (χ0v) is 10.6. The summed E-state index contributed by atoms with van der Waals surface area (Å²) in [7, 11) is 1.42. The maximum atomic E-state index is 12.2. The third-order valence-electron chi connectivity index (χ3n) is 3.69. The maximum absolute atomic E-state index is 12.2. The van der Waals surface area contributed by atoms with Gasteiger partial charge < -0.3 is 4.74 Å². The van der Waals surface area contributed by atoms with E-state index in [0.717, 1.165) is 31.2 Å². The number of ether oxygens (including phenoxy) is 1. The molecule has 2 rings (SSSR count).